The highest BCUT2D eigenvalue weighted by Gasteiger charge is 2.07. The minimum Gasteiger partial charge on any atom is -0.300 e. The highest BCUT2D eigenvalue weighted by Crippen LogP contribution is 2.20. The van der Waals surface area contributed by atoms with Gasteiger partial charge in [-0.15, -0.1) is 0 Å². The third kappa shape index (κ3) is 1.70. The summed E-state index contributed by atoms with van der Waals surface area (Å²) < 4.78 is 1.99. The van der Waals surface area contributed by atoms with Gasteiger partial charge < -0.3 is 0 Å². The standard InChI is InChI=1S/C15H12N2O/c1-11(18)13-7-8-17-14(10-16-15(17)9-13)12-5-3-2-4-6-12/h2-10H,1H3. The monoisotopic (exact) mass is 236 g/mol. The van der Waals surface area contributed by atoms with Crippen molar-refractivity contribution in [1.29, 1.82) is 0 Å². The van der Waals surface area contributed by atoms with Gasteiger partial charge in [-0.1, -0.05) is 30.3 Å². The number of rotatable bonds is 2. The van der Waals surface area contributed by atoms with Crippen molar-refractivity contribution in [3.63, 3.8) is 0 Å². The smallest absolute Gasteiger partial charge is 0.159 e. The van der Waals surface area contributed by atoms with Crippen molar-refractivity contribution in [2.24, 2.45) is 0 Å². The molecule has 1 aromatic carbocycles. The SMILES string of the molecule is CC(=O)c1ccn2c(-c3ccccc3)cnc2c1. The second kappa shape index (κ2) is 4.11. The Bertz CT molecular complexity index is 714. The van der Waals surface area contributed by atoms with Gasteiger partial charge in [-0.3, -0.25) is 9.20 Å². The van der Waals surface area contributed by atoms with Crippen molar-refractivity contribution in [2.45, 2.75) is 6.92 Å². The number of nitrogens with zero attached hydrogens (tertiary/aromatic N) is 2. The number of carbonyl (C=O) groups excluding carboxylic acids is 1. The third-order valence-electron chi connectivity index (χ3n) is 2.99. The van der Waals surface area contributed by atoms with Crippen molar-refractivity contribution >= 4 is 11.4 Å². The van der Waals surface area contributed by atoms with Gasteiger partial charge in [-0.25, -0.2) is 4.98 Å². The van der Waals surface area contributed by atoms with Crippen molar-refractivity contribution in [1.82, 2.24) is 9.38 Å². The summed E-state index contributed by atoms with van der Waals surface area (Å²) in [5.74, 6) is 0.0572. The Hall–Kier alpha value is -2.42. The van der Waals surface area contributed by atoms with E-state index in [4.69, 9.17) is 0 Å². The van der Waals surface area contributed by atoms with Crippen LogP contribution >= 0.6 is 0 Å². The molecule has 2 heterocycles. The van der Waals surface area contributed by atoms with Gasteiger partial charge in [0.25, 0.3) is 0 Å². The Morgan fingerprint density at radius 3 is 2.67 bits per heavy atom. The number of carbonyl (C=O) groups is 1. The zero-order valence-corrected chi connectivity index (χ0v) is 10.00. The summed E-state index contributed by atoms with van der Waals surface area (Å²) in [6.45, 7) is 1.56. The van der Waals surface area contributed by atoms with Gasteiger partial charge in [-0.2, -0.15) is 0 Å². The second-order valence-electron chi connectivity index (χ2n) is 4.21. The van der Waals surface area contributed by atoms with Crippen LogP contribution in [0.25, 0.3) is 16.9 Å². The molecule has 0 fully saturated rings. The number of imidazole rings is 1. The van der Waals surface area contributed by atoms with Crippen LogP contribution in [-0.4, -0.2) is 15.2 Å². The van der Waals surface area contributed by atoms with Gasteiger partial charge in [0.2, 0.25) is 0 Å². The van der Waals surface area contributed by atoms with E-state index in [2.05, 4.69) is 4.98 Å². The van der Waals surface area contributed by atoms with E-state index < -0.39 is 0 Å². The van der Waals surface area contributed by atoms with Crippen LogP contribution in [0, 0.1) is 0 Å². The Morgan fingerprint density at radius 2 is 1.94 bits per heavy atom. The molecule has 0 spiro atoms. The molecule has 18 heavy (non-hydrogen) atoms. The lowest BCUT2D eigenvalue weighted by Gasteiger charge is -2.02. The number of Topliss-reactive ketones (excluding diaryl/α,β-unsaturated/α-hetero) is 1. The summed E-state index contributed by atoms with van der Waals surface area (Å²) in [6, 6.07) is 13.7. The predicted octanol–water partition coefficient (Wildman–Crippen LogP) is 3.20. The fourth-order valence-corrected chi connectivity index (χ4v) is 2.02. The summed E-state index contributed by atoms with van der Waals surface area (Å²) >= 11 is 0. The van der Waals surface area contributed by atoms with Crippen LogP contribution in [0.15, 0.2) is 54.9 Å². The molecular weight excluding hydrogens is 224 g/mol. The van der Waals surface area contributed by atoms with Gasteiger partial charge in [-0.05, 0) is 19.1 Å². The molecule has 0 unspecified atom stereocenters. The zero-order chi connectivity index (χ0) is 12.5. The number of hydrogen-bond donors (Lipinski definition) is 0. The van der Waals surface area contributed by atoms with E-state index in [-0.39, 0.29) is 5.78 Å². The van der Waals surface area contributed by atoms with E-state index in [0.29, 0.717) is 5.56 Å². The Morgan fingerprint density at radius 1 is 1.17 bits per heavy atom. The lowest BCUT2D eigenvalue weighted by molar-refractivity contribution is 0.101. The first kappa shape index (κ1) is 10.7. The summed E-state index contributed by atoms with van der Waals surface area (Å²) in [6.07, 6.45) is 3.72. The zero-order valence-electron chi connectivity index (χ0n) is 10.00. The minimum atomic E-state index is 0.0572. The van der Waals surface area contributed by atoms with Crippen LogP contribution in [0.4, 0.5) is 0 Å². The van der Waals surface area contributed by atoms with E-state index in [1.54, 1.807) is 6.92 Å². The molecule has 0 atom stereocenters. The highest BCUT2D eigenvalue weighted by molar-refractivity contribution is 5.95. The number of benzene rings is 1. The molecule has 0 N–H and O–H groups in total. The molecule has 2 aromatic heterocycles. The Balaban J connectivity index is 2.19. The molecule has 0 radical (unpaired) electrons. The third-order valence-corrected chi connectivity index (χ3v) is 2.99. The molecule has 0 aliphatic carbocycles. The molecule has 0 amide bonds. The number of hydrogen-bond acceptors (Lipinski definition) is 2. The molecular formula is C15H12N2O. The average molecular weight is 236 g/mol. The topological polar surface area (TPSA) is 34.4 Å². The molecule has 88 valence electrons. The van der Waals surface area contributed by atoms with Crippen LogP contribution in [0.2, 0.25) is 0 Å². The first-order chi connectivity index (χ1) is 8.75. The number of fused-ring (bicyclic) bond motifs is 1. The van der Waals surface area contributed by atoms with Crippen molar-refractivity contribution in [3.05, 3.63) is 60.4 Å². The summed E-state index contributed by atoms with van der Waals surface area (Å²) in [4.78, 5) is 15.7. The highest BCUT2D eigenvalue weighted by atomic mass is 16.1. The maximum atomic E-state index is 11.3. The van der Waals surface area contributed by atoms with E-state index in [0.717, 1.165) is 16.9 Å². The van der Waals surface area contributed by atoms with E-state index in [1.165, 1.54) is 0 Å². The molecule has 0 bridgehead atoms. The van der Waals surface area contributed by atoms with Crippen molar-refractivity contribution in [3.8, 4) is 11.3 Å². The summed E-state index contributed by atoms with van der Waals surface area (Å²) in [5, 5.41) is 0. The van der Waals surface area contributed by atoms with Gasteiger partial charge >= 0.3 is 0 Å². The van der Waals surface area contributed by atoms with E-state index in [1.807, 2.05) is 59.3 Å². The quantitative estimate of drug-likeness (QED) is 0.640. The Kier molecular flexibility index (Phi) is 2.45. The lowest BCUT2D eigenvalue weighted by Crippen LogP contribution is -1.95. The van der Waals surface area contributed by atoms with Crippen molar-refractivity contribution < 1.29 is 4.79 Å². The van der Waals surface area contributed by atoms with Crippen LogP contribution < -0.4 is 0 Å². The molecule has 3 rings (SSSR count). The summed E-state index contributed by atoms with van der Waals surface area (Å²) in [5.41, 5.74) is 3.62. The molecule has 3 aromatic rings. The number of ketones is 1. The molecule has 0 saturated carbocycles. The molecule has 0 aliphatic heterocycles. The second-order valence-corrected chi connectivity index (χ2v) is 4.21. The van der Waals surface area contributed by atoms with Crippen LogP contribution in [0.5, 0.6) is 0 Å². The van der Waals surface area contributed by atoms with E-state index in [9.17, 15) is 4.79 Å². The minimum absolute atomic E-state index is 0.0572. The largest absolute Gasteiger partial charge is 0.300 e. The van der Waals surface area contributed by atoms with Crippen LogP contribution in [0.3, 0.4) is 0 Å². The van der Waals surface area contributed by atoms with Crippen LogP contribution in [0.1, 0.15) is 17.3 Å². The summed E-state index contributed by atoms with van der Waals surface area (Å²) in [7, 11) is 0. The number of pyridine rings is 1. The Labute approximate surface area is 105 Å². The van der Waals surface area contributed by atoms with Gasteiger partial charge in [0, 0.05) is 17.3 Å². The van der Waals surface area contributed by atoms with E-state index >= 15 is 0 Å². The normalized spacial score (nSPS) is 10.7. The van der Waals surface area contributed by atoms with Gasteiger partial charge in [0.15, 0.2) is 5.78 Å². The van der Waals surface area contributed by atoms with Crippen molar-refractivity contribution in [2.75, 3.05) is 0 Å². The first-order valence-electron chi connectivity index (χ1n) is 5.79. The lowest BCUT2D eigenvalue weighted by atomic mass is 10.1. The molecule has 0 aliphatic rings. The number of aromatic nitrogens is 2. The maximum Gasteiger partial charge on any atom is 0.159 e. The fraction of sp³-hybridized carbons (Fsp3) is 0.0667. The van der Waals surface area contributed by atoms with Gasteiger partial charge in [0.1, 0.15) is 5.65 Å². The maximum absolute atomic E-state index is 11.3. The molecule has 3 heteroatoms. The average Bonchev–Trinajstić information content (AvgIpc) is 2.82. The van der Waals surface area contributed by atoms with Crippen LogP contribution in [-0.2, 0) is 0 Å². The molecule has 0 saturated heterocycles. The predicted molar refractivity (Wildman–Crippen MR) is 70.6 cm³/mol. The first-order valence-corrected chi connectivity index (χ1v) is 5.79. The molecule has 3 nitrogen and oxygen atoms in total. The van der Waals surface area contributed by atoms with Gasteiger partial charge in [0.05, 0.1) is 11.9 Å². The fourth-order valence-electron chi connectivity index (χ4n) is 2.02.